The lowest BCUT2D eigenvalue weighted by molar-refractivity contribution is -0.140. The lowest BCUT2D eigenvalue weighted by Gasteiger charge is -2.07. The molecule has 0 aromatic heterocycles. The number of hydrogen-bond donors (Lipinski definition) is 0. The average molecular weight is 225 g/mol. The van der Waals surface area contributed by atoms with E-state index in [0.717, 1.165) is 0 Å². The maximum atomic E-state index is 11.8. The van der Waals surface area contributed by atoms with Crippen molar-refractivity contribution in [1.82, 2.24) is 0 Å². The first-order chi connectivity index (χ1) is 7.16. The number of carbonyl (C=O) groups excluding carboxylic acids is 2. The van der Waals surface area contributed by atoms with Gasteiger partial charge in [-0.25, -0.2) is 0 Å². The Kier molecular flexibility index (Phi) is 2.73. The molecule has 1 heterocycles. The van der Waals surface area contributed by atoms with E-state index in [2.05, 4.69) is 0 Å². The highest BCUT2D eigenvalue weighted by molar-refractivity contribution is 6.30. The molecular formula is C11H9ClO3. The van der Waals surface area contributed by atoms with Gasteiger partial charge in [-0.1, -0.05) is 11.6 Å². The number of hydrogen-bond acceptors (Lipinski definition) is 3. The van der Waals surface area contributed by atoms with Crippen LogP contribution in [0, 0.1) is 0 Å². The van der Waals surface area contributed by atoms with Crippen molar-refractivity contribution in [1.29, 1.82) is 0 Å². The van der Waals surface area contributed by atoms with Gasteiger partial charge in [0, 0.05) is 23.4 Å². The second-order valence-corrected chi connectivity index (χ2v) is 3.82. The maximum Gasteiger partial charge on any atom is 0.306 e. The monoisotopic (exact) mass is 224 g/mol. The Morgan fingerprint density at radius 3 is 2.53 bits per heavy atom. The lowest BCUT2D eigenvalue weighted by atomic mass is 10.0. The van der Waals surface area contributed by atoms with E-state index in [4.69, 9.17) is 16.3 Å². The van der Waals surface area contributed by atoms with E-state index in [1.54, 1.807) is 24.3 Å². The normalized spacial score (nSPS) is 20.1. The van der Waals surface area contributed by atoms with E-state index >= 15 is 0 Å². The number of ether oxygens (including phenoxy) is 1. The highest BCUT2D eigenvalue weighted by Crippen LogP contribution is 2.19. The van der Waals surface area contributed by atoms with Gasteiger partial charge in [-0.05, 0) is 24.3 Å². The number of ketones is 1. The van der Waals surface area contributed by atoms with Crippen molar-refractivity contribution in [3.63, 3.8) is 0 Å². The molecule has 0 N–H and O–H groups in total. The van der Waals surface area contributed by atoms with Crippen LogP contribution in [0.1, 0.15) is 23.2 Å². The summed E-state index contributed by atoms with van der Waals surface area (Å²) in [5.41, 5.74) is 0.527. The molecule has 0 saturated carbocycles. The molecule has 0 radical (unpaired) electrons. The van der Waals surface area contributed by atoms with Crippen molar-refractivity contribution in [3.05, 3.63) is 34.9 Å². The molecule has 15 heavy (non-hydrogen) atoms. The van der Waals surface area contributed by atoms with Crippen molar-refractivity contribution in [3.8, 4) is 0 Å². The van der Waals surface area contributed by atoms with Gasteiger partial charge in [-0.15, -0.1) is 0 Å². The van der Waals surface area contributed by atoms with E-state index in [-0.39, 0.29) is 11.8 Å². The van der Waals surface area contributed by atoms with Crippen molar-refractivity contribution in [2.24, 2.45) is 0 Å². The van der Waals surface area contributed by atoms with E-state index in [1.165, 1.54) is 0 Å². The highest BCUT2D eigenvalue weighted by atomic mass is 35.5. The predicted octanol–water partition coefficient (Wildman–Crippen LogP) is 2.23. The Morgan fingerprint density at radius 2 is 2.00 bits per heavy atom. The minimum atomic E-state index is -0.612. The van der Waals surface area contributed by atoms with Gasteiger partial charge >= 0.3 is 5.97 Å². The molecule has 1 atom stereocenters. The quantitative estimate of drug-likeness (QED) is 0.572. The molecule has 1 aromatic rings. The SMILES string of the molecule is O=C1CCC(C(=O)c2ccc(Cl)cc2)O1. The summed E-state index contributed by atoms with van der Waals surface area (Å²) in [5, 5.41) is 0.579. The molecule has 0 bridgehead atoms. The molecule has 0 amide bonds. The fraction of sp³-hybridized carbons (Fsp3) is 0.273. The molecule has 1 aliphatic heterocycles. The van der Waals surface area contributed by atoms with Crippen LogP contribution in [0.25, 0.3) is 0 Å². The van der Waals surface area contributed by atoms with Crippen molar-refractivity contribution in [2.45, 2.75) is 18.9 Å². The zero-order valence-corrected chi connectivity index (χ0v) is 8.66. The van der Waals surface area contributed by atoms with Crippen LogP contribution in [-0.2, 0) is 9.53 Å². The van der Waals surface area contributed by atoms with Crippen LogP contribution < -0.4 is 0 Å². The minimum Gasteiger partial charge on any atom is -0.454 e. The fourth-order valence-corrected chi connectivity index (χ4v) is 1.64. The van der Waals surface area contributed by atoms with Crippen LogP contribution in [0.3, 0.4) is 0 Å². The maximum absolute atomic E-state index is 11.8. The summed E-state index contributed by atoms with van der Waals surface area (Å²) in [7, 11) is 0. The largest absolute Gasteiger partial charge is 0.454 e. The first-order valence-electron chi connectivity index (χ1n) is 4.66. The molecule has 1 aromatic carbocycles. The topological polar surface area (TPSA) is 43.4 Å². The van der Waals surface area contributed by atoms with Gasteiger partial charge in [0.05, 0.1) is 0 Å². The standard InChI is InChI=1S/C11H9ClO3/c12-8-3-1-7(2-4-8)11(14)9-5-6-10(13)15-9/h1-4,9H,5-6H2. The number of Topliss-reactive ketones (excluding diaryl/α,β-unsaturated/α-hetero) is 1. The smallest absolute Gasteiger partial charge is 0.306 e. The number of carbonyl (C=O) groups is 2. The Labute approximate surface area is 92.0 Å². The van der Waals surface area contributed by atoms with Gasteiger partial charge in [0.2, 0.25) is 5.78 Å². The van der Waals surface area contributed by atoms with Crippen molar-refractivity contribution < 1.29 is 14.3 Å². The van der Waals surface area contributed by atoms with Crippen molar-refractivity contribution >= 4 is 23.4 Å². The summed E-state index contributed by atoms with van der Waals surface area (Å²) in [6.45, 7) is 0. The summed E-state index contributed by atoms with van der Waals surface area (Å²) < 4.78 is 4.89. The van der Waals surface area contributed by atoms with Crippen molar-refractivity contribution in [2.75, 3.05) is 0 Å². The first-order valence-corrected chi connectivity index (χ1v) is 5.04. The van der Waals surface area contributed by atoms with Crippen LogP contribution in [0.2, 0.25) is 5.02 Å². The third-order valence-corrected chi connectivity index (χ3v) is 2.56. The van der Waals surface area contributed by atoms with Gasteiger partial charge in [-0.3, -0.25) is 9.59 Å². The molecule has 78 valence electrons. The highest BCUT2D eigenvalue weighted by Gasteiger charge is 2.30. The van der Waals surface area contributed by atoms with Gasteiger partial charge in [0.1, 0.15) is 0 Å². The zero-order valence-electron chi connectivity index (χ0n) is 7.90. The predicted molar refractivity (Wildman–Crippen MR) is 54.9 cm³/mol. The number of cyclic esters (lactones) is 1. The average Bonchev–Trinajstić information content (AvgIpc) is 2.65. The summed E-state index contributed by atoms with van der Waals surface area (Å²) in [6, 6.07) is 6.56. The molecule has 1 saturated heterocycles. The molecule has 1 fully saturated rings. The second-order valence-electron chi connectivity index (χ2n) is 3.39. The molecule has 0 aliphatic carbocycles. The lowest BCUT2D eigenvalue weighted by Crippen LogP contribution is -2.20. The Balaban J connectivity index is 2.14. The van der Waals surface area contributed by atoms with E-state index in [1.807, 2.05) is 0 Å². The van der Waals surface area contributed by atoms with Crippen LogP contribution in [0.4, 0.5) is 0 Å². The van der Waals surface area contributed by atoms with Crippen LogP contribution in [0.5, 0.6) is 0 Å². The molecule has 1 aliphatic rings. The molecule has 1 unspecified atom stereocenters. The van der Waals surface area contributed by atoms with E-state index in [9.17, 15) is 9.59 Å². The number of benzene rings is 1. The number of rotatable bonds is 2. The summed E-state index contributed by atoms with van der Waals surface area (Å²) in [5.74, 6) is -0.458. The minimum absolute atomic E-state index is 0.155. The fourth-order valence-electron chi connectivity index (χ4n) is 1.51. The number of halogens is 1. The Morgan fingerprint density at radius 1 is 1.33 bits per heavy atom. The second kappa shape index (κ2) is 4.03. The summed E-state index contributed by atoms with van der Waals surface area (Å²) >= 11 is 5.70. The van der Waals surface area contributed by atoms with Crippen LogP contribution in [0.15, 0.2) is 24.3 Å². The zero-order chi connectivity index (χ0) is 10.8. The Hall–Kier alpha value is -1.35. The van der Waals surface area contributed by atoms with Gasteiger partial charge < -0.3 is 4.74 Å². The molecule has 2 rings (SSSR count). The van der Waals surface area contributed by atoms with Crippen LogP contribution in [-0.4, -0.2) is 17.9 Å². The first kappa shape index (κ1) is 10.2. The Bertz CT molecular complexity index is 397. The summed E-state index contributed by atoms with van der Waals surface area (Å²) in [4.78, 5) is 22.6. The van der Waals surface area contributed by atoms with Gasteiger partial charge in [0.25, 0.3) is 0 Å². The third-order valence-electron chi connectivity index (χ3n) is 2.31. The molecular weight excluding hydrogens is 216 g/mol. The molecule has 4 heteroatoms. The van der Waals surface area contributed by atoms with Gasteiger partial charge in [-0.2, -0.15) is 0 Å². The van der Waals surface area contributed by atoms with Crippen LogP contribution >= 0.6 is 11.6 Å². The van der Waals surface area contributed by atoms with Gasteiger partial charge in [0.15, 0.2) is 6.10 Å². The van der Waals surface area contributed by atoms with E-state index < -0.39 is 6.10 Å². The third kappa shape index (κ3) is 2.18. The summed E-state index contributed by atoms with van der Waals surface area (Å²) in [6.07, 6.45) is 0.184. The number of esters is 1. The van der Waals surface area contributed by atoms with E-state index in [0.29, 0.717) is 23.4 Å². The molecule has 0 spiro atoms. The molecule has 3 nitrogen and oxygen atoms in total.